The Labute approximate surface area is 84.3 Å². The van der Waals surface area contributed by atoms with Gasteiger partial charge in [-0.25, -0.2) is 4.79 Å². The van der Waals surface area contributed by atoms with Crippen molar-refractivity contribution >= 4 is 12.3 Å². The van der Waals surface area contributed by atoms with Crippen LogP contribution in [0, 0.1) is 0 Å². The molecule has 0 rings (SSSR count). The Morgan fingerprint density at radius 2 is 1.00 bits per heavy atom. The molecule has 0 heterocycles. The van der Waals surface area contributed by atoms with Crippen LogP contribution in [0.5, 0.6) is 0 Å². The number of carbonyl (C=O) groups is 2. The van der Waals surface area contributed by atoms with Crippen molar-refractivity contribution in [3.05, 3.63) is 0 Å². The summed E-state index contributed by atoms with van der Waals surface area (Å²) in [7, 11) is 0. The molecule has 0 atom stereocenters. The summed E-state index contributed by atoms with van der Waals surface area (Å²) in [6, 6.07) is 0. The fourth-order valence-corrected chi connectivity index (χ4v) is 0. The van der Waals surface area contributed by atoms with Crippen molar-refractivity contribution in [2.45, 2.75) is 0 Å². The predicted octanol–water partition coefficient (Wildman–Crippen LogP) is -3.56. The van der Waals surface area contributed by atoms with E-state index in [1.807, 2.05) is 0 Å². The van der Waals surface area contributed by atoms with Crippen molar-refractivity contribution in [2.24, 2.45) is 0 Å². The molecule has 0 aliphatic rings. The zero-order valence-electron chi connectivity index (χ0n) is 5.98. The number of hydrogen-bond acceptors (Lipinski definition) is 5. The first-order chi connectivity index (χ1) is 3.46. The Hall–Kier alpha value is -0.540. The molecule has 0 fully saturated rings. The molecule has 0 spiro atoms. The summed E-state index contributed by atoms with van der Waals surface area (Å²) < 4.78 is 0. The number of hydrogen-bond donors (Lipinski definition) is 5. The van der Waals surface area contributed by atoms with Gasteiger partial charge in [-0.15, -0.1) is 0 Å². The van der Waals surface area contributed by atoms with Crippen molar-refractivity contribution < 1.29 is 59.6 Å². The van der Waals surface area contributed by atoms with Crippen LogP contribution in [-0.2, 0) is 0 Å². The van der Waals surface area contributed by atoms with Gasteiger partial charge in [-0.1, -0.05) is 0 Å². The van der Waals surface area contributed by atoms with Crippen LogP contribution in [0.2, 0.25) is 0 Å². The molecule has 9 N–H and O–H groups in total. The van der Waals surface area contributed by atoms with Gasteiger partial charge in [0.05, 0.1) is 0 Å². The van der Waals surface area contributed by atoms with Crippen molar-refractivity contribution in [3.8, 4) is 0 Å². The third-order valence-corrected chi connectivity index (χ3v) is 0. The van der Waals surface area contributed by atoms with Gasteiger partial charge in [-0.2, -0.15) is 0 Å². The summed E-state index contributed by atoms with van der Waals surface area (Å²) in [6.45, 7) is 0. The molecule has 11 heavy (non-hydrogen) atoms. The van der Waals surface area contributed by atoms with Gasteiger partial charge in [0.2, 0.25) is 6.16 Å². The standard InChI is InChI=1S/2CH2O3.2H3N.Na/c2*2-1(3)4;;;/h2*(H2,2,3,4);2*1H3;/q;;;;+1/p-1. The summed E-state index contributed by atoms with van der Waals surface area (Å²) in [5, 5.41) is 29.2. The van der Waals surface area contributed by atoms with E-state index in [4.69, 9.17) is 30.0 Å². The van der Waals surface area contributed by atoms with Crippen LogP contribution in [0.15, 0.2) is 0 Å². The van der Waals surface area contributed by atoms with Crippen molar-refractivity contribution in [1.82, 2.24) is 12.3 Å². The SMILES string of the molecule is N.N.O=C(O)O.O=C([O-])O.[Na+]. The maximum absolute atomic E-state index is 8.56. The smallest absolute Gasteiger partial charge is 0.565 e. The van der Waals surface area contributed by atoms with E-state index in [1.54, 1.807) is 0 Å². The minimum absolute atomic E-state index is 0. The van der Waals surface area contributed by atoms with Crippen LogP contribution in [0.25, 0.3) is 0 Å². The zero-order chi connectivity index (χ0) is 7.15. The minimum atomic E-state index is -2.08. The molecule has 0 aromatic carbocycles. The van der Waals surface area contributed by atoms with Gasteiger partial charge >= 0.3 is 35.7 Å². The van der Waals surface area contributed by atoms with Crippen LogP contribution in [0.4, 0.5) is 9.59 Å². The quantitative estimate of drug-likeness (QED) is 0.236. The summed E-state index contributed by atoms with van der Waals surface area (Å²) in [5.41, 5.74) is 0. The van der Waals surface area contributed by atoms with E-state index in [-0.39, 0.29) is 41.9 Å². The molecule has 0 saturated carbocycles. The maximum Gasteiger partial charge on any atom is 1.00 e. The fraction of sp³-hybridized carbons (Fsp3) is 0. The average Bonchev–Trinajstić information content (AvgIpc) is 1.25. The van der Waals surface area contributed by atoms with Crippen molar-refractivity contribution in [2.75, 3.05) is 0 Å². The molecule has 8 nitrogen and oxygen atoms in total. The topological polar surface area (TPSA) is 188 Å². The first kappa shape index (κ1) is 31.4. The Morgan fingerprint density at radius 1 is 1.00 bits per heavy atom. The van der Waals surface area contributed by atoms with Crippen LogP contribution in [0.3, 0.4) is 0 Å². The molecule has 0 bridgehead atoms. The summed E-state index contributed by atoms with van der Waals surface area (Å²) in [6.07, 6.45) is -3.92. The molecule has 64 valence electrons. The third kappa shape index (κ3) is 1810. The fourth-order valence-electron chi connectivity index (χ4n) is 0. The van der Waals surface area contributed by atoms with E-state index in [9.17, 15) is 0 Å². The Kier molecular flexibility index (Phi) is 64.8. The molecule has 9 heteroatoms. The van der Waals surface area contributed by atoms with Gasteiger partial charge in [0.15, 0.2) is 0 Å². The molecular formula is C2H9N2NaO6. The van der Waals surface area contributed by atoms with Gasteiger partial charge in [0, 0.05) is 0 Å². The molecule has 0 aromatic heterocycles. The van der Waals surface area contributed by atoms with Gasteiger partial charge in [-0.3, -0.25) is 0 Å². The van der Waals surface area contributed by atoms with Crippen molar-refractivity contribution in [1.29, 1.82) is 0 Å². The first-order valence-corrected chi connectivity index (χ1v) is 1.28. The molecular weight excluding hydrogens is 171 g/mol. The molecule has 0 aliphatic heterocycles. The van der Waals surface area contributed by atoms with Crippen LogP contribution < -0.4 is 47.0 Å². The summed E-state index contributed by atoms with van der Waals surface area (Å²) in [4.78, 5) is 17.0. The molecule has 0 aliphatic carbocycles. The predicted molar refractivity (Wildman–Crippen MR) is 28.7 cm³/mol. The van der Waals surface area contributed by atoms with E-state index >= 15 is 0 Å². The zero-order valence-corrected chi connectivity index (χ0v) is 7.98. The largest absolute Gasteiger partial charge is 1.00 e. The van der Waals surface area contributed by atoms with Gasteiger partial charge < -0.3 is 37.5 Å². The Morgan fingerprint density at radius 3 is 1.00 bits per heavy atom. The van der Waals surface area contributed by atoms with Gasteiger partial charge in [0.1, 0.15) is 0 Å². The minimum Gasteiger partial charge on any atom is -0.565 e. The van der Waals surface area contributed by atoms with Crippen LogP contribution in [-0.4, -0.2) is 27.6 Å². The molecule has 0 saturated heterocycles. The van der Waals surface area contributed by atoms with Gasteiger partial charge in [-0.05, 0) is 0 Å². The van der Waals surface area contributed by atoms with Crippen LogP contribution in [0.1, 0.15) is 0 Å². The van der Waals surface area contributed by atoms with Crippen molar-refractivity contribution in [3.63, 3.8) is 0 Å². The Balaban J connectivity index is -0.0000000171. The van der Waals surface area contributed by atoms with E-state index in [2.05, 4.69) is 0 Å². The van der Waals surface area contributed by atoms with E-state index in [0.717, 1.165) is 0 Å². The number of rotatable bonds is 0. The summed E-state index contributed by atoms with van der Waals surface area (Å²) >= 11 is 0. The van der Waals surface area contributed by atoms with Gasteiger partial charge in [0.25, 0.3) is 0 Å². The number of carboxylic acid groups (broad SMARTS) is 4. The first-order valence-electron chi connectivity index (χ1n) is 1.28. The Bertz CT molecular complexity index is 76.6. The maximum atomic E-state index is 8.56. The third-order valence-electron chi connectivity index (χ3n) is 0. The van der Waals surface area contributed by atoms with E-state index in [1.165, 1.54) is 0 Å². The molecule has 0 amide bonds. The second-order valence-corrected chi connectivity index (χ2v) is 0.548. The summed E-state index contributed by atoms with van der Waals surface area (Å²) in [5.74, 6) is 0. The average molecular weight is 180 g/mol. The molecule has 0 radical (unpaired) electrons. The second kappa shape index (κ2) is 22.7. The van der Waals surface area contributed by atoms with E-state index < -0.39 is 12.3 Å². The van der Waals surface area contributed by atoms with Crippen LogP contribution >= 0.6 is 0 Å². The molecule has 0 unspecified atom stereocenters. The molecule has 0 aromatic rings. The van der Waals surface area contributed by atoms with E-state index in [0.29, 0.717) is 0 Å². The monoisotopic (exact) mass is 180 g/mol. The second-order valence-electron chi connectivity index (χ2n) is 0.548. The normalized spacial score (nSPS) is 4.36.